The van der Waals surface area contributed by atoms with E-state index in [2.05, 4.69) is 15.1 Å². The van der Waals surface area contributed by atoms with Gasteiger partial charge in [-0.3, -0.25) is 4.98 Å². The van der Waals surface area contributed by atoms with Gasteiger partial charge in [-0.05, 0) is 30.3 Å². The number of rotatable bonds is 4. The molecule has 3 aromatic rings. The average molecular weight is 390 g/mol. The van der Waals surface area contributed by atoms with Gasteiger partial charge in [0.2, 0.25) is 15.8 Å². The maximum Gasteiger partial charge on any atom is 0.257 e. The molecule has 0 radical (unpaired) electrons. The number of ether oxygens (including phenoxy) is 1. The number of halogens is 1. The molecule has 3 heterocycles. The van der Waals surface area contributed by atoms with Crippen LogP contribution in [-0.4, -0.2) is 47.5 Å². The summed E-state index contributed by atoms with van der Waals surface area (Å²) < 4.78 is 51.1. The Morgan fingerprint density at radius 1 is 1.19 bits per heavy atom. The summed E-state index contributed by atoms with van der Waals surface area (Å²) in [6.07, 6.45) is 2.51. The minimum Gasteiger partial charge on any atom is -0.366 e. The molecule has 4 rings (SSSR count). The zero-order valence-electron chi connectivity index (χ0n) is 14.0. The van der Waals surface area contributed by atoms with Crippen LogP contribution >= 0.6 is 0 Å². The number of hydrogen-bond acceptors (Lipinski definition) is 7. The third-order valence-corrected chi connectivity index (χ3v) is 5.98. The van der Waals surface area contributed by atoms with Crippen molar-refractivity contribution in [1.82, 2.24) is 19.4 Å². The molecular weight excluding hydrogens is 375 g/mol. The first-order chi connectivity index (χ1) is 13.0. The Kier molecular flexibility index (Phi) is 4.68. The van der Waals surface area contributed by atoms with Crippen molar-refractivity contribution >= 4 is 10.0 Å². The second-order valence-electron chi connectivity index (χ2n) is 5.87. The average Bonchev–Trinajstić information content (AvgIpc) is 3.19. The quantitative estimate of drug-likeness (QED) is 0.672. The Labute approximate surface area is 154 Å². The highest BCUT2D eigenvalue weighted by Gasteiger charge is 2.34. The molecule has 140 valence electrons. The molecule has 8 nitrogen and oxygen atoms in total. The molecule has 1 unspecified atom stereocenters. The molecule has 1 saturated heterocycles. The van der Waals surface area contributed by atoms with E-state index in [1.807, 2.05) is 0 Å². The lowest BCUT2D eigenvalue weighted by Gasteiger charge is -2.30. The molecule has 1 atom stereocenters. The van der Waals surface area contributed by atoms with Crippen LogP contribution in [0.3, 0.4) is 0 Å². The molecular formula is C17H15FN4O4S. The van der Waals surface area contributed by atoms with Crippen LogP contribution in [0.1, 0.15) is 12.0 Å². The monoisotopic (exact) mass is 390 g/mol. The van der Waals surface area contributed by atoms with E-state index in [1.165, 1.54) is 22.5 Å². The SMILES string of the molecule is O=S(=O)(c1cccc(F)c1)N1CCOC(c2nc(-c3ccncc3)no2)C1. The predicted molar refractivity (Wildman–Crippen MR) is 91.4 cm³/mol. The number of sulfonamides is 1. The maximum absolute atomic E-state index is 13.4. The highest BCUT2D eigenvalue weighted by molar-refractivity contribution is 7.89. The van der Waals surface area contributed by atoms with E-state index in [9.17, 15) is 12.8 Å². The Hall–Kier alpha value is -2.69. The van der Waals surface area contributed by atoms with Crippen molar-refractivity contribution in [3.05, 3.63) is 60.5 Å². The van der Waals surface area contributed by atoms with E-state index in [4.69, 9.17) is 9.26 Å². The van der Waals surface area contributed by atoms with Gasteiger partial charge in [-0.1, -0.05) is 11.2 Å². The third-order valence-electron chi connectivity index (χ3n) is 4.12. The lowest BCUT2D eigenvalue weighted by atomic mass is 10.2. The summed E-state index contributed by atoms with van der Waals surface area (Å²) in [6, 6.07) is 8.37. The zero-order chi connectivity index (χ0) is 18.9. The summed E-state index contributed by atoms with van der Waals surface area (Å²) in [5, 5.41) is 3.91. The minimum absolute atomic E-state index is 0.00315. The molecule has 0 spiro atoms. The lowest BCUT2D eigenvalue weighted by molar-refractivity contribution is -0.0199. The molecule has 0 bridgehead atoms. The first-order valence-corrected chi connectivity index (χ1v) is 9.59. The van der Waals surface area contributed by atoms with Gasteiger partial charge in [0.1, 0.15) is 5.82 Å². The topological polar surface area (TPSA) is 98.4 Å². The first kappa shape index (κ1) is 17.7. The fraction of sp³-hybridized carbons (Fsp3) is 0.235. The molecule has 10 heteroatoms. The fourth-order valence-electron chi connectivity index (χ4n) is 2.75. The summed E-state index contributed by atoms with van der Waals surface area (Å²) in [4.78, 5) is 8.12. The zero-order valence-corrected chi connectivity index (χ0v) is 14.8. The van der Waals surface area contributed by atoms with Crippen LogP contribution in [0.5, 0.6) is 0 Å². The predicted octanol–water partition coefficient (Wildman–Crippen LogP) is 2.03. The van der Waals surface area contributed by atoms with Crippen LogP contribution in [0, 0.1) is 5.82 Å². The standard InChI is InChI=1S/C17H15FN4O4S/c18-13-2-1-3-14(10-13)27(23,24)22-8-9-25-15(11-22)17-20-16(21-26-17)12-4-6-19-7-5-12/h1-7,10,15H,8-9,11H2. The molecule has 1 aliphatic rings. The number of aromatic nitrogens is 3. The molecule has 0 aliphatic carbocycles. The summed E-state index contributed by atoms with van der Waals surface area (Å²) >= 11 is 0. The number of pyridine rings is 1. The van der Waals surface area contributed by atoms with E-state index in [-0.39, 0.29) is 30.5 Å². The van der Waals surface area contributed by atoms with Gasteiger partial charge in [-0.15, -0.1) is 0 Å². The molecule has 1 aromatic carbocycles. The Morgan fingerprint density at radius 3 is 2.78 bits per heavy atom. The number of benzene rings is 1. The molecule has 0 saturated carbocycles. The van der Waals surface area contributed by atoms with Gasteiger partial charge in [-0.2, -0.15) is 9.29 Å². The summed E-state index contributed by atoms with van der Waals surface area (Å²) in [7, 11) is -3.86. The van der Waals surface area contributed by atoms with Crippen LogP contribution in [0.15, 0.2) is 58.2 Å². The van der Waals surface area contributed by atoms with Gasteiger partial charge in [-0.25, -0.2) is 12.8 Å². The van der Waals surface area contributed by atoms with Crippen molar-refractivity contribution in [1.29, 1.82) is 0 Å². The smallest absolute Gasteiger partial charge is 0.257 e. The van der Waals surface area contributed by atoms with Gasteiger partial charge in [0.15, 0.2) is 6.10 Å². The van der Waals surface area contributed by atoms with Gasteiger partial charge >= 0.3 is 0 Å². The first-order valence-electron chi connectivity index (χ1n) is 8.15. The summed E-state index contributed by atoms with van der Waals surface area (Å²) in [5.41, 5.74) is 0.722. The highest BCUT2D eigenvalue weighted by Crippen LogP contribution is 2.27. The van der Waals surface area contributed by atoms with Gasteiger partial charge < -0.3 is 9.26 Å². The highest BCUT2D eigenvalue weighted by atomic mass is 32.2. The van der Waals surface area contributed by atoms with Gasteiger partial charge in [0, 0.05) is 31.0 Å². The van der Waals surface area contributed by atoms with Crippen LogP contribution in [0.4, 0.5) is 4.39 Å². The second-order valence-corrected chi connectivity index (χ2v) is 7.81. The molecule has 27 heavy (non-hydrogen) atoms. The number of nitrogens with zero attached hydrogens (tertiary/aromatic N) is 4. The van der Waals surface area contributed by atoms with Crippen LogP contribution < -0.4 is 0 Å². The van der Waals surface area contributed by atoms with Crippen LogP contribution in [-0.2, 0) is 14.8 Å². The van der Waals surface area contributed by atoms with Crippen molar-refractivity contribution in [2.24, 2.45) is 0 Å². The maximum atomic E-state index is 13.4. The lowest BCUT2D eigenvalue weighted by Crippen LogP contribution is -2.42. The Bertz CT molecular complexity index is 1040. The van der Waals surface area contributed by atoms with Gasteiger partial charge in [0.05, 0.1) is 11.5 Å². The largest absolute Gasteiger partial charge is 0.366 e. The van der Waals surface area contributed by atoms with E-state index >= 15 is 0 Å². The summed E-state index contributed by atoms with van der Waals surface area (Å²) in [5.74, 6) is -0.0677. The second kappa shape index (κ2) is 7.14. The van der Waals surface area contributed by atoms with Crippen LogP contribution in [0.25, 0.3) is 11.4 Å². The Morgan fingerprint density at radius 2 is 2.00 bits per heavy atom. The number of morpholine rings is 1. The van der Waals surface area contributed by atoms with Crippen molar-refractivity contribution in [3.8, 4) is 11.4 Å². The van der Waals surface area contributed by atoms with Crippen LogP contribution in [0.2, 0.25) is 0 Å². The molecule has 1 aliphatic heterocycles. The Balaban J connectivity index is 1.56. The molecule has 2 aromatic heterocycles. The molecule has 0 amide bonds. The summed E-state index contributed by atoms with van der Waals surface area (Å²) in [6.45, 7) is 0.309. The van der Waals surface area contributed by atoms with Crippen molar-refractivity contribution in [2.75, 3.05) is 19.7 Å². The van der Waals surface area contributed by atoms with E-state index in [0.29, 0.717) is 5.82 Å². The fourth-order valence-corrected chi connectivity index (χ4v) is 4.21. The normalized spacial score (nSPS) is 18.5. The van der Waals surface area contributed by atoms with Crippen molar-refractivity contribution < 1.29 is 22.1 Å². The van der Waals surface area contributed by atoms with Crippen molar-refractivity contribution in [3.63, 3.8) is 0 Å². The van der Waals surface area contributed by atoms with Crippen molar-refractivity contribution in [2.45, 2.75) is 11.0 Å². The molecule has 0 N–H and O–H groups in total. The minimum atomic E-state index is -3.86. The third kappa shape index (κ3) is 3.59. The van der Waals surface area contributed by atoms with E-state index in [0.717, 1.165) is 11.6 Å². The number of hydrogen-bond donors (Lipinski definition) is 0. The van der Waals surface area contributed by atoms with E-state index in [1.54, 1.807) is 24.5 Å². The molecule has 1 fully saturated rings. The van der Waals surface area contributed by atoms with E-state index < -0.39 is 21.9 Å². The van der Waals surface area contributed by atoms with Gasteiger partial charge in [0.25, 0.3) is 5.89 Å².